The second kappa shape index (κ2) is 11.5. The van der Waals surface area contributed by atoms with Crippen LogP contribution in [0.3, 0.4) is 0 Å². The summed E-state index contributed by atoms with van der Waals surface area (Å²) < 4.78 is 15.3. The lowest BCUT2D eigenvalue weighted by atomic mass is 10.1. The predicted molar refractivity (Wildman–Crippen MR) is 223 cm³/mol. The summed E-state index contributed by atoms with van der Waals surface area (Å²) in [6.07, 6.45) is 0. The standard InChI is InChI=1S/C49H28N4O2/c1-2-12-29(13-3-1)47-50-48(32-22-23-45-38(25-32)35-17-7-10-20-43(35)54-45)52-49(51-47)33-26-39-36-18-8-11-21-44(36)55-46(39)42(28-33)53-40-19-9-6-16-34(40)37-24-30-14-4-5-15-31(30)27-41(37)53/h1-28H. The minimum absolute atomic E-state index is 0.570. The lowest BCUT2D eigenvalue weighted by Crippen LogP contribution is -2.01. The largest absolute Gasteiger partial charge is 0.456 e. The van der Waals surface area contributed by atoms with E-state index in [0.717, 1.165) is 77.3 Å². The summed E-state index contributed by atoms with van der Waals surface area (Å²) >= 11 is 0. The van der Waals surface area contributed by atoms with Crippen molar-refractivity contribution < 1.29 is 8.83 Å². The molecule has 55 heavy (non-hydrogen) atoms. The van der Waals surface area contributed by atoms with E-state index in [-0.39, 0.29) is 0 Å². The molecular weight excluding hydrogens is 677 g/mol. The van der Waals surface area contributed by atoms with E-state index >= 15 is 0 Å². The number of fused-ring (bicyclic) bond motifs is 10. The summed E-state index contributed by atoms with van der Waals surface area (Å²) in [5, 5.41) is 8.82. The molecule has 0 bridgehead atoms. The average Bonchev–Trinajstić information content (AvgIpc) is 3.92. The van der Waals surface area contributed by atoms with Crippen LogP contribution in [0.15, 0.2) is 179 Å². The fourth-order valence-corrected chi connectivity index (χ4v) is 8.23. The molecule has 0 fully saturated rings. The Hall–Kier alpha value is -7.57. The highest BCUT2D eigenvalue weighted by molar-refractivity contribution is 6.16. The maximum Gasteiger partial charge on any atom is 0.164 e. The summed E-state index contributed by atoms with van der Waals surface area (Å²) in [4.78, 5) is 15.5. The van der Waals surface area contributed by atoms with Gasteiger partial charge in [-0.1, -0.05) is 109 Å². The summed E-state index contributed by atoms with van der Waals surface area (Å²) in [6.45, 7) is 0. The molecular formula is C49H28N4O2. The number of hydrogen-bond donors (Lipinski definition) is 0. The van der Waals surface area contributed by atoms with Gasteiger partial charge in [0, 0.05) is 49.0 Å². The maximum absolute atomic E-state index is 6.76. The molecule has 0 spiro atoms. The zero-order valence-electron chi connectivity index (χ0n) is 29.3. The number of rotatable bonds is 4. The SMILES string of the molecule is c1ccc(-c2nc(-c3ccc4oc5ccccc5c4c3)nc(-c3cc(-n4c5ccccc5c5cc6ccccc6cc54)c4oc5ccccc5c4c3)n2)cc1. The molecule has 4 aromatic heterocycles. The second-order valence-corrected chi connectivity index (χ2v) is 14.0. The van der Waals surface area contributed by atoms with E-state index < -0.39 is 0 Å². The van der Waals surface area contributed by atoms with Crippen molar-refractivity contribution in [1.82, 2.24) is 19.5 Å². The Kier molecular flexibility index (Phi) is 6.24. The van der Waals surface area contributed by atoms with E-state index in [0.29, 0.717) is 17.5 Å². The van der Waals surface area contributed by atoms with Gasteiger partial charge in [-0.3, -0.25) is 0 Å². The minimum Gasteiger partial charge on any atom is -0.456 e. The number of nitrogens with zero attached hydrogens (tertiary/aromatic N) is 4. The lowest BCUT2D eigenvalue weighted by Gasteiger charge is -2.13. The topological polar surface area (TPSA) is 69.9 Å². The number of benzene rings is 8. The Balaban J connectivity index is 1.16. The Morgan fingerprint density at radius 1 is 0.345 bits per heavy atom. The van der Waals surface area contributed by atoms with Crippen LogP contribution >= 0.6 is 0 Å². The number of hydrogen-bond acceptors (Lipinski definition) is 5. The lowest BCUT2D eigenvalue weighted by molar-refractivity contribution is 0.666. The van der Waals surface area contributed by atoms with Gasteiger partial charge >= 0.3 is 0 Å². The predicted octanol–water partition coefficient (Wildman–Crippen LogP) is 12.9. The van der Waals surface area contributed by atoms with E-state index in [1.165, 1.54) is 21.5 Å². The molecule has 0 saturated heterocycles. The number of aromatic nitrogens is 4. The molecule has 0 N–H and O–H groups in total. The summed E-state index contributed by atoms with van der Waals surface area (Å²) in [7, 11) is 0. The van der Waals surface area contributed by atoms with Crippen LogP contribution in [0, 0.1) is 0 Å². The summed E-state index contributed by atoms with van der Waals surface area (Å²) in [5.41, 5.74) is 9.05. The quantitative estimate of drug-likeness (QED) is 0.182. The third-order valence-corrected chi connectivity index (χ3v) is 10.8. The van der Waals surface area contributed by atoms with Crippen LogP contribution < -0.4 is 0 Å². The molecule has 12 aromatic rings. The van der Waals surface area contributed by atoms with Gasteiger partial charge in [-0.2, -0.15) is 0 Å². The number of furan rings is 2. The minimum atomic E-state index is 0.570. The van der Waals surface area contributed by atoms with Crippen molar-refractivity contribution in [2.45, 2.75) is 0 Å². The van der Waals surface area contributed by atoms with Gasteiger partial charge in [0.1, 0.15) is 16.7 Å². The Morgan fingerprint density at radius 3 is 1.73 bits per heavy atom. The summed E-state index contributed by atoms with van der Waals surface area (Å²) in [6, 6.07) is 58.6. The van der Waals surface area contributed by atoms with Crippen molar-refractivity contribution >= 4 is 76.5 Å². The van der Waals surface area contributed by atoms with Crippen molar-refractivity contribution in [3.05, 3.63) is 170 Å². The molecule has 0 aliphatic heterocycles. The molecule has 0 amide bonds. The molecule has 0 unspecified atom stereocenters. The van der Waals surface area contributed by atoms with Crippen LogP contribution in [0.25, 0.3) is 116 Å². The zero-order chi connectivity index (χ0) is 36.0. The fourth-order valence-electron chi connectivity index (χ4n) is 8.23. The highest BCUT2D eigenvalue weighted by Gasteiger charge is 2.22. The van der Waals surface area contributed by atoms with Crippen LogP contribution in [0.5, 0.6) is 0 Å². The first-order valence-corrected chi connectivity index (χ1v) is 18.3. The van der Waals surface area contributed by atoms with E-state index in [4.69, 9.17) is 23.8 Å². The maximum atomic E-state index is 6.76. The monoisotopic (exact) mass is 704 g/mol. The van der Waals surface area contributed by atoms with Crippen LogP contribution in [-0.4, -0.2) is 19.5 Å². The molecule has 0 aliphatic carbocycles. The molecule has 6 heteroatoms. The molecule has 0 aliphatic rings. The van der Waals surface area contributed by atoms with Crippen LogP contribution in [0.4, 0.5) is 0 Å². The molecule has 4 heterocycles. The van der Waals surface area contributed by atoms with E-state index in [1.807, 2.05) is 72.8 Å². The normalized spacial score (nSPS) is 12.0. The Morgan fingerprint density at radius 2 is 0.927 bits per heavy atom. The first-order chi connectivity index (χ1) is 27.2. The first-order valence-electron chi connectivity index (χ1n) is 18.3. The molecule has 8 aromatic carbocycles. The van der Waals surface area contributed by atoms with Gasteiger partial charge < -0.3 is 13.4 Å². The van der Waals surface area contributed by atoms with Crippen LogP contribution in [-0.2, 0) is 0 Å². The second-order valence-electron chi connectivity index (χ2n) is 14.0. The molecule has 0 atom stereocenters. The van der Waals surface area contributed by atoms with E-state index in [2.05, 4.69) is 102 Å². The van der Waals surface area contributed by atoms with Gasteiger partial charge in [-0.25, -0.2) is 15.0 Å². The van der Waals surface area contributed by atoms with E-state index in [9.17, 15) is 0 Å². The Labute approximate surface area is 313 Å². The summed E-state index contributed by atoms with van der Waals surface area (Å²) in [5.74, 6) is 1.75. The van der Waals surface area contributed by atoms with Crippen molar-refractivity contribution in [2.24, 2.45) is 0 Å². The van der Waals surface area contributed by atoms with Gasteiger partial charge in [-0.15, -0.1) is 0 Å². The first kappa shape index (κ1) is 29.9. The van der Waals surface area contributed by atoms with Crippen molar-refractivity contribution in [3.63, 3.8) is 0 Å². The fraction of sp³-hybridized carbons (Fsp3) is 0. The van der Waals surface area contributed by atoms with Gasteiger partial charge in [0.05, 0.1) is 16.7 Å². The third kappa shape index (κ3) is 4.58. The number of para-hydroxylation sites is 3. The average molecular weight is 705 g/mol. The van der Waals surface area contributed by atoms with Gasteiger partial charge in [0.15, 0.2) is 23.1 Å². The molecule has 0 saturated carbocycles. The molecule has 0 radical (unpaired) electrons. The van der Waals surface area contributed by atoms with Gasteiger partial charge in [0.25, 0.3) is 0 Å². The molecule has 6 nitrogen and oxygen atoms in total. The van der Waals surface area contributed by atoms with Crippen molar-refractivity contribution in [2.75, 3.05) is 0 Å². The van der Waals surface area contributed by atoms with Crippen LogP contribution in [0.1, 0.15) is 0 Å². The van der Waals surface area contributed by atoms with Crippen LogP contribution in [0.2, 0.25) is 0 Å². The highest BCUT2D eigenvalue weighted by atomic mass is 16.3. The van der Waals surface area contributed by atoms with Gasteiger partial charge in [0.2, 0.25) is 0 Å². The third-order valence-electron chi connectivity index (χ3n) is 10.8. The zero-order valence-corrected chi connectivity index (χ0v) is 29.3. The molecule has 12 rings (SSSR count). The van der Waals surface area contributed by atoms with E-state index in [1.54, 1.807) is 0 Å². The smallest absolute Gasteiger partial charge is 0.164 e. The molecule has 256 valence electrons. The Bertz CT molecular complexity index is 3500. The van der Waals surface area contributed by atoms with Gasteiger partial charge in [-0.05, 0) is 71.4 Å². The van der Waals surface area contributed by atoms with Crippen molar-refractivity contribution in [1.29, 1.82) is 0 Å². The highest BCUT2D eigenvalue weighted by Crippen LogP contribution is 2.42. The van der Waals surface area contributed by atoms with Crippen molar-refractivity contribution in [3.8, 4) is 39.9 Å².